The molecule has 2 aliphatic rings. The fraction of sp³-hybridized carbons (Fsp3) is 0.800. The van der Waals surface area contributed by atoms with Crippen molar-refractivity contribution in [3.8, 4) is 0 Å². The third-order valence-corrected chi connectivity index (χ3v) is 4.00. The standard InChI is InChI=1S/C15H24N2O5/c1-15(2,3)22-14(20)16-6-4-5-10(9-16)7-11-8-12(18)17(21)13(11)19/h10-11,21H,4-9H2,1-3H3/t10-,11?/m1/s1. The number of carbonyl (C=O) groups is 3. The number of likely N-dealkylation sites (tertiary alicyclic amines) is 1. The molecule has 7 heteroatoms. The average molecular weight is 312 g/mol. The van der Waals surface area contributed by atoms with Crippen molar-refractivity contribution >= 4 is 17.9 Å². The van der Waals surface area contributed by atoms with Gasteiger partial charge in [0.25, 0.3) is 11.8 Å². The predicted molar refractivity (Wildman–Crippen MR) is 76.9 cm³/mol. The zero-order chi connectivity index (χ0) is 16.5. The van der Waals surface area contributed by atoms with Crippen LogP contribution in [0, 0.1) is 11.8 Å². The molecule has 0 aromatic rings. The molecular formula is C15H24N2O5. The number of amides is 3. The van der Waals surface area contributed by atoms with Gasteiger partial charge in [-0.25, -0.2) is 4.79 Å². The van der Waals surface area contributed by atoms with Gasteiger partial charge in [0.1, 0.15) is 5.60 Å². The highest BCUT2D eigenvalue weighted by Gasteiger charge is 2.40. The smallest absolute Gasteiger partial charge is 0.410 e. The van der Waals surface area contributed by atoms with Crippen LogP contribution in [0.1, 0.15) is 46.5 Å². The van der Waals surface area contributed by atoms with Crippen molar-refractivity contribution in [3.63, 3.8) is 0 Å². The lowest BCUT2D eigenvalue weighted by atomic mass is 9.87. The van der Waals surface area contributed by atoms with Crippen LogP contribution in [-0.2, 0) is 14.3 Å². The molecule has 2 atom stereocenters. The van der Waals surface area contributed by atoms with Gasteiger partial charge in [-0.15, -0.1) is 0 Å². The monoisotopic (exact) mass is 312 g/mol. The zero-order valence-electron chi connectivity index (χ0n) is 13.4. The van der Waals surface area contributed by atoms with Gasteiger partial charge in [0.15, 0.2) is 0 Å². The zero-order valence-corrected chi connectivity index (χ0v) is 13.4. The van der Waals surface area contributed by atoms with E-state index in [2.05, 4.69) is 0 Å². The van der Waals surface area contributed by atoms with Crippen molar-refractivity contribution in [2.75, 3.05) is 13.1 Å². The molecule has 0 saturated carbocycles. The molecule has 124 valence electrons. The van der Waals surface area contributed by atoms with E-state index in [1.54, 1.807) is 4.90 Å². The minimum Gasteiger partial charge on any atom is -0.444 e. The number of hydroxylamine groups is 2. The molecule has 0 radical (unpaired) electrons. The Kier molecular flexibility index (Phi) is 4.75. The van der Waals surface area contributed by atoms with Gasteiger partial charge >= 0.3 is 6.09 Å². The van der Waals surface area contributed by atoms with Crippen LogP contribution in [0.3, 0.4) is 0 Å². The normalized spacial score (nSPS) is 26.5. The molecule has 2 fully saturated rings. The minimum atomic E-state index is -0.546. The van der Waals surface area contributed by atoms with E-state index in [1.807, 2.05) is 20.8 Å². The minimum absolute atomic E-state index is 0.0538. The van der Waals surface area contributed by atoms with E-state index in [0.717, 1.165) is 12.8 Å². The van der Waals surface area contributed by atoms with Gasteiger partial charge in [-0.1, -0.05) is 0 Å². The van der Waals surface area contributed by atoms with E-state index in [1.165, 1.54) is 0 Å². The molecule has 0 bridgehead atoms. The highest BCUT2D eigenvalue weighted by molar-refractivity contribution is 6.02. The molecule has 0 spiro atoms. The largest absolute Gasteiger partial charge is 0.444 e. The van der Waals surface area contributed by atoms with Crippen LogP contribution in [0.2, 0.25) is 0 Å². The summed E-state index contributed by atoms with van der Waals surface area (Å²) >= 11 is 0. The number of hydrogen-bond acceptors (Lipinski definition) is 5. The SMILES string of the molecule is CC(C)(C)OC(=O)N1CCC[C@H](CC2CC(=O)N(O)C2=O)C1. The molecule has 2 heterocycles. The molecule has 22 heavy (non-hydrogen) atoms. The third-order valence-electron chi connectivity index (χ3n) is 4.00. The summed E-state index contributed by atoms with van der Waals surface area (Å²) < 4.78 is 5.37. The number of rotatable bonds is 2. The fourth-order valence-corrected chi connectivity index (χ4v) is 3.02. The Labute approximate surface area is 130 Å². The number of imide groups is 1. The number of nitrogens with zero attached hydrogens (tertiary/aromatic N) is 2. The predicted octanol–water partition coefficient (Wildman–Crippen LogP) is 1.79. The summed E-state index contributed by atoms with van der Waals surface area (Å²) in [6, 6.07) is 0. The van der Waals surface area contributed by atoms with E-state index in [0.29, 0.717) is 19.5 Å². The van der Waals surface area contributed by atoms with E-state index in [9.17, 15) is 19.6 Å². The van der Waals surface area contributed by atoms with Gasteiger partial charge in [-0.05, 0) is 46.0 Å². The number of hydrogen-bond donors (Lipinski definition) is 1. The highest BCUT2D eigenvalue weighted by Crippen LogP contribution is 2.30. The van der Waals surface area contributed by atoms with Crippen LogP contribution in [-0.4, -0.2) is 51.8 Å². The first-order valence-corrected chi connectivity index (χ1v) is 7.71. The van der Waals surface area contributed by atoms with Crippen LogP contribution in [0.15, 0.2) is 0 Å². The van der Waals surface area contributed by atoms with Crippen molar-refractivity contribution in [3.05, 3.63) is 0 Å². The van der Waals surface area contributed by atoms with Crippen LogP contribution in [0.4, 0.5) is 4.79 Å². The lowest BCUT2D eigenvalue weighted by Crippen LogP contribution is -2.43. The Bertz CT molecular complexity index is 471. The molecule has 2 aliphatic heterocycles. The first-order chi connectivity index (χ1) is 10.2. The van der Waals surface area contributed by atoms with E-state index in [-0.39, 0.29) is 23.5 Å². The summed E-state index contributed by atoms with van der Waals surface area (Å²) in [5.74, 6) is -1.40. The fourth-order valence-electron chi connectivity index (χ4n) is 3.02. The van der Waals surface area contributed by atoms with E-state index < -0.39 is 23.3 Å². The number of ether oxygens (including phenoxy) is 1. The lowest BCUT2D eigenvalue weighted by Gasteiger charge is -2.34. The molecule has 2 saturated heterocycles. The van der Waals surface area contributed by atoms with Gasteiger partial charge in [-0.3, -0.25) is 14.8 Å². The first kappa shape index (κ1) is 16.7. The summed E-state index contributed by atoms with van der Waals surface area (Å²) in [6.45, 7) is 6.65. The van der Waals surface area contributed by atoms with Gasteiger partial charge in [0.05, 0.1) is 0 Å². The van der Waals surface area contributed by atoms with Gasteiger partial charge < -0.3 is 9.64 Å². The highest BCUT2D eigenvalue weighted by atomic mass is 16.6. The maximum absolute atomic E-state index is 12.1. The van der Waals surface area contributed by atoms with Crippen molar-refractivity contribution in [2.45, 2.75) is 52.1 Å². The molecule has 1 unspecified atom stereocenters. The van der Waals surface area contributed by atoms with E-state index >= 15 is 0 Å². The second kappa shape index (κ2) is 6.24. The summed E-state index contributed by atoms with van der Waals surface area (Å²) in [5, 5.41) is 9.50. The molecule has 0 aromatic carbocycles. The summed E-state index contributed by atoms with van der Waals surface area (Å²) in [6.07, 6.45) is 1.98. The van der Waals surface area contributed by atoms with E-state index in [4.69, 9.17) is 4.74 Å². The Hall–Kier alpha value is -1.63. The Morgan fingerprint density at radius 2 is 2.05 bits per heavy atom. The maximum atomic E-state index is 12.1. The summed E-state index contributed by atoms with van der Waals surface area (Å²) in [5.41, 5.74) is -0.532. The Balaban J connectivity index is 1.90. The summed E-state index contributed by atoms with van der Waals surface area (Å²) in [4.78, 5) is 36.8. The quantitative estimate of drug-likeness (QED) is 0.620. The number of carbonyl (C=O) groups excluding carboxylic acids is 3. The molecule has 1 N–H and O–H groups in total. The second-order valence-corrected chi connectivity index (χ2v) is 7.12. The Morgan fingerprint density at radius 1 is 1.36 bits per heavy atom. The van der Waals surface area contributed by atoms with Crippen molar-refractivity contribution in [1.29, 1.82) is 0 Å². The third kappa shape index (κ3) is 3.97. The second-order valence-electron chi connectivity index (χ2n) is 7.12. The van der Waals surface area contributed by atoms with Gasteiger partial charge in [-0.2, -0.15) is 5.06 Å². The lowest BCUT2D eigenvalue weighted by molar-refractivity contribution is -0.172. The molecule has 7 nitrogen and oxygen atoms in total. The number of piperidine rings is 1. The molecular weight excluding hydrogens is 288 g/mol. The topological polar surface area (TPSA) is 87.2 Å². The van der Waals surface area contributed by atoms with Crippen molar-refractivity contribution < 1.29 is 24.3 Å². The van der Waals surface area contributed by atoms with Crippen LogP contribution in [0.5, 0.6) is 0 Å². The van der Waals surface area contributed by atoms with Crippen molar-refractivity contribution in [2.24, 2.45) is 11.8 Å². The average Bonchev–Trinajstić information content (AvgIpc) is 2.65. The molecule has 3 amide bonds. The van der Waals surface area contributed by atoms with Crippen LogP contribution >= 0.6 is 0 Å². The maximum Gasteiger partial charge on any atom is 0.410 e. The van der Waals surface area contributed by atoms with Gasteiger partial charge in [0.2, 0.25) is 0 Å². The molecule has 0 aliphatic carbocycles. The van der Waals surface area contributed by atoms with Crippen molar-refractivity contribution in [1.82, 2.24) is 9.96 Å². The Morgan fingerprint density at radius 3 is 2.59 bits per heavy atom. The first-order valence-electron chi connectivity index (χ1n) is 7.71. The molecule has 2 rings (SSSR count). The van der Waals surface area contributed by atoms with Crippen LogP contribution < -0.4 is 0 Å². The molecule has 0 aromatic heterocycles. The summed E-state index contributed by atoms with van der Waals surface area (Å²) in [7, 11) is 0. The van der Waals surface area contributed by atoms with Crippen LogP contribution in [0.25, 0.3) is 0 Å². The van der Waals surface area contributed by atoms with Gasteiger partial charge in [0, 0.05) is 25.4 Å².